The zero-order valence-electron chi connectivity index (χ0n) is 20.0. The molecule has 11 heteroatoms. The molecule has 0 aliphatic carbocycles. The fraction of sp³-hybridized carbons (Fsp3) is 0.417. The van der Waals surface area contributed by atoms with Gasteiger partial charge in [0.25, 0.3) is 5.91 Å². The number of nitrogens with one attached hydrogen (secondary N) is 1. The highest BCUT2D eigenvalue weighted by Gasteiger charge is 2.30. The molecule has 0 saturated carbocycles. The smallest absolute Gasteiger partial charge is 0.311 e. The van der Waals surface area contributed by atoms with Gasteiger partial charge in [-0.3, -0.25) is 19.7 Å². The van der Waals surface area contributed by atoms with Crippen LogP contribution in [0.2, 0.25) is 10.0 Å². The summed E-state index contributed by atoms with van der Waals surface area (Å²) in [5, 5.41) is 14.8. The molecule has 2 amide bonds. The van der Waals surface area contributed by atoms with Crippen molar-refractivity contribution in [2.45, 2.75) is 52.2 Å². The molecule has 2 rings (SSSR count). The van der Waals surface area contributed by atoms with E-state index >= 15 is 0 Å². The summed E-state index contributed by atoms with van der Waals surface area (Å²) in [6, 6.07) is 8.08. The van der Waals surface area contributed by atoms with Crippen molar-refractivity contribution in [1.29, 1.82) is 0 Å². The number of rotatable bonds is 12. The predicted molar refractivity (Wildman–Crippen MR) is 134 cm³/mol. The molecule has 0 heterocycles. The van der Waals surface area contributed by atoms with Crippen LogP contribution in [-0.2, 0) is 16.1 Å². The van der Waals surface area contributed by atoms with Crippen LogP contribution in [0.5, 0.6) is 11.5 Å². The highest BCUT2D eigenvalue weighted by molar-refractivity contribution is 6.36. The van der Waals surface area contributed by atoms with E-state index in [0.29, 0.717) is 22.0 Å². The topological polar surface area (TPSA) is 111 Å². The molecule has 190 valence electrons. The lowest BCUT2D eigenvalue weighted by Gasteiger charge is -2.31. The molecule has 0 aliphatic heterocycles. The number of halogens is 2. The second kappa shape index (κ2) is 13.2. The lowest BCUT2D eigenvalue weighted by Crippen LogP contribution is -2.51. The number of nitro groups is 1. The first kappa shape index (κ1) is 28.2. The monoisotopic (exact) mass is 525 g/mol. The molecule has 0 unspecified atom stereocenters. The zero-order valence-corrected chi connectivity index (χ0v) is 21.6. The van der Waals surface area contributed by atoms with Gasteiger partial charge < -0.3 is 19.7 Å². The van der Waals surface area contributed by atoms with Crippen LogP contribution in [0, 0.1) is 10.1 Å². The van der Waals surface area contributed by atoms with Crippen LogP contribution in [0.25, 0.3) is 0 Å². The molecule has 0 fully saturated rings. The fourth-order valence-corrected chi connectivity index (χ4v) is 3.86. The van der Waals surface area contributed by atoms with Crippen LogP contribution in [0.1, 0.15) is 39.2 Å². The van der Waals surface area contributed by atoms with E-state index in [0.717, 1.165) is 6.42 Å². The summed E-state index contributed by atoms with van der Waals surface area (Å²) in [6.07, 6.45) is 1.08. The van der Waals surface area contributed by atoms with E-state index in [1.54, 1.807) is 25.1 Å². The third kappa shape index (κ3) is 7.47. The van der Waals surface area contributed by atoms with Crippen molar-refractivity contribution in [2.75, 3.05) is 13.7 Å². The predicted octanol–water partition coefficient (Wildman–Crippen LogP) is 5.01. The first-order valence-electron chi connectivity index (χ1n) is 11.1. The van der Waals surface area contributed by atoms with Gasteiger partial charge in [0.2, 0.25) is 11.7 Å². The lowest BCUT2D eigenvalue weighted by atomic mass is 10.1. The summed E-state index contributed by atoms with van der Waals surface area (Å²) in [7, 11) is 1.30. The van der Waals surface area contributed by atoms with Crippen molar-refractivity contribution in [3.8, 4) is 11.5 Å². The molecular weight excluding hydrogens is 497 g/mol. The van der Waals surface area contributed by atoms with Gasteiger partial charge in [0, 0.05) is 40.3 Å². The largest absolute Gasteiger partial charge is 0.490 e. The van der Waals surface area contributed by atoms with E-state index < -0.39 is 23.5 Å². The van der Waals surface area contributed by atoms with E-state index in [1.807, 2.05) is 13.8 Å². The minimum Gasteiger partial charge on any atom is -0.490 e. The Morgan fingerprint density at radius 1 is 1.14 bits per heavy atom. The summed E-state index contributed by atoms with van der Waals surface area (Å²) in [6.45, 7) is 5.21. The number of hydrogen-bond acceptors (Lipinski definition) is 6. The van der Waals surface area contributed by atoms with Crippen molar-refractivity contribution in [2.24, 2.45) is 0 Å². The van der Waals surface area contributed by atoms with Crippen molar-refractivity contribution in [3.63, 3.8) is 0 Å². The normalized spacial score (nSPS) is 12.4. The number of amides is 2. The molecule has 1 N–H and O–H groups in total. The number of hydrogen-bond donors (Lipinski definition) is 1. The third-order valence-electron chi connectivity index (χ3n) is 5.49. The van der Waals surface area contributed by atoms with Crippen LogP contribution in [0.4, 0.5) is 5.69 Å². The molecule has 0 bridgehead atoms. The quantitative estimate of drug-likeness (QED) is 0.308. The van der Waals surface area contributed by atoms with Crippen LogP contribution >= 0.6 is 23.2 Å². The van der Waals surface area contributed by atoms with Crippen molar-refractivity contribution in [1.82, 2.24) is 10.2 Å². The Morgan fingerprint density at radius 3 is 2.34 bits per heavy atom. The Kier molecular flexibility index (Phi) is 10.6. The molecule has 2 aromatic rings. The van der Waals surface area contributed by atoms with Crippen LogP contribution in [0.15, 0.2) is 36.4 Å². The van der Waals surface area contributed by atoms with Crippen LogP contribution in [-0.4, -0.2) is 47.4 Å². The molecule has 0 radical (unpaired) electrons. The molecule has 9 nitrogen and oxygen atoms in total. The second-order valence-electron chi connectivity index (χ2n) is 7.84. The van der Waals surface area contributed by atoms with Gasteiger partial charge in [-0.2, -0.15) is 0 Å². The van der Waals surface area contributed by atoms with Crippen molar-refractivity contribution < 1.29 is 24.0 Å². The molecule has 2 aromatic carbocycles. The molecule has 0 aromatic heterocycles. The maximum absolute atomic E-state index is 13.3. The van der Waals surface area contributed by atoms with Gasteiger partial charge in [0.1, 0.15) is 11.8 Å². The average molecular weight is 526 g/mol. The van der Waals surface area contributed by atoms with E-state index in [2.05, 4.69) is 5.32 Å². The molecule has 0 saturated heterocycles. The van der Waals surface area contributed by atoms with Gasteiger partial charge in [-0.05, 0) is 38.0 Å². The zero-order chi connectivity index (χ0) is 26.1. The Labute approximate surface area is 214 Å². The number of methoxy groups -OCH3 is 1. The van der Waals surface area contributed by atoms with Gasteiger partial charge in [-0.25, -0.2) is 0 Å². The van der Waals surface area contributed by atoms with Crippen molar-refractivity contribution >= 4 is 40.7 Å². The average Bonchev–Trinajstić information content (AvgIpc) is 2.83. The summed E-state index contributed by atoms with van der Waals surface area (Å²) in [4.78, 5) is 38.3. The first-order chi connectivity index (χ1) is 16.6. The number of nitrogens with zero attached hydrogens (tertiary/aromatic N) is 2. The van der Waals surface area contributed by atoms with Gasteiger partial charge in [-0.15, -0.1) is 0 Å². The Hall–Kier alpha value is -3.04. The number of nitro benzene ring substituents is 1. The van der Waals surface area contributed by atoms with Gasteiger partial charge >= 0.3 is 5.69 Å². The summed E-state index contributed by atoms with van der Waals surface area (Å²) in [5.74, 6) is -0.576. The highest BCUT2D eigenvalue weighted by Crippen LogP contribution is 2.31. The molecule has 0 aliphatic rings. The van der Waals surface area contributed by atoms with E-state index in [1.165, 1.54) is 30.2 Å². The Balaban J connectivity index is 2.31. The summed E-state index contributed by atoms with van der Waals surface area (Å²) in [5.41, 5.74) is 0.282. The Morgan fingerprint density at radius 2 is 1.80 bits per heavy atom. The molecule has 2 atom stereocenters. The number of carbonyl (C=O) groups excluding carboxylic acids is 2. The molecule has 0 spiro atoms. The summed E-state index contributed by atoms with van der Waals surface area (Å²) < 4.78 is 10.7. The first-order valence-corrected chi connectivity index (χ1v) is 11.9. The van der Waals surface area contributed by atoms with E-state index in [4.69, 9.17) is 32.7 Å². The summed E-state index contributed by atoms with van der Waals surface area (Å²) >= 11 is 12.7. The maximum atomic E-state index is 13.3. The van der Waals surface area contributed by atoms with Gasteiger partial charge in [0.15, 0.2) is 6.61 Å². The van der Waals surface area contributed by atoms with E-state index in [9.17, 15) is 19.7 Å². The molecule has 35 heavy (non-hydrogen) atoms. The SMILES string of the molecule is CC[C@H](C(=O)N[C@@H](C)CC)N(Cc1c(Cl)cccc1Cl)C(=O)COc1ccc([N+](=O)[O-])c(OC)c1. The van der Waals surface area contributed by atoms with Crippen LogP contribution in [0.3, 0.4) is 0 Å². The minimum atomic E-state index is -0.793. The second-order valence-corrected chi connectivity index (χ2v) is 8.66. The van der Waals surface area contributed by atoms with Gasteiger partial charge in [-0.1, -0.05) is 43.1 Å². The Bertz CT molecular complexity index is 1050. The number of carbonyl (C=O) groups is 2. The van der Waals surface area contributed by atoms with Gasteiger partial charge in [0.05, 0.1) is 12.0 Å². The van der Waals surface area contributed by atoms with Crippen molar-refractivity contribution in [3.05, 3.63) is 62.1 Å². The van der Waals surface area contributed by atoms with Crippen LogP contribution < -0.4 is 14.8 Å². The lowest BCUT2D eigenvalue weighted by molar-refractivity contribution is -0.385. The fourth-order valence-electron chi connectivity index (χ4n) is 3.34. The number of ether oxygens (including phenoxy) is 2. The third-order valence-corrected chi connectivity index (χ3v) is 6.20. The minimum absolute atomic E-state index is 0.000907. The standard InChI is InChI=1S/C24H29Cl2N3O6/c1-5-15(3)27-24(31)20(6-2)28(13-17-18(25)8-7-9-19(17)26)23(30)14-35-16-10-11-21(29(32)33)22(12-16)34-4/h7-12,15,20H,5-6,13-14H2,1-4H3,(H,27,31)/t15-,20+/m0/s1. The highest BCUT2D eigenvalue weighted by atomic mass is 35.5. The molecular formula is C24H29Cl2N3O6. The number of benzene rings is 2. The maximum Gasteiger partial charge on any atom is 0.311 e. The van der Waals surface area contributed by atoms with E-state index in [-0.39, 0.29) is 35.7 Å².